The van der Waals surface area contributed by atoms with Crippen molar-refractivity contribution in [2.24, 2.45) is 15.3 Å². The summed E-state index contributed by atoms with van der Waals surface area (Å²) in [5, 5.41) is 14.0. The monoisotopic (exact) mass is 184 g/mol. The molecule has 0 N–H and O–H groups in total. The zero-order chi connectivity index (χ0) is 9.38. The summed E-state index contributed by atoms with van der Waals surface area (Å²) in [6, 6.07) is 8.09. The third-order valence-corrected chi connectivity index (χ3v) is 2.25. The quantitative estimate of drug-likeness (QED) is 0.608. The van der Waals surface area contributed by atoms with Gasteiger partial charge < -0.3 is 0 Å². The van der Waals surface area contributed by atoms with E-state index in [9.17, 15) is 0 Å². The van der Waals surface area contributed by atoms with Crippen LogP contribution in [-0.2, 0) is 0 Å². The van der Waals surface area contributed by atoms with Gasteiger partial charge in [0, 0.05) is 5.56 Å². The molecule has 0 fully saturated rings. The summed E-state index contributed by atoms with van der Waals surface area (Å²) in [5.41, 5.74) is 2.25. The standard InChI is InChI=1S/C10H8N4/c1-2-4-9-6-12-14-7-11-13-10(14)5-8(9)3-1/h1-6H,7H2. The molecule has 14 heavy (non-hydrogen) atoms. The van der Waals surface area contributed by atoms with Crippen molar-refractivity contribution in [2.75, 3.05) is 6.67 Å². The maximum atomic E-state index is 4.28. The number of rotatable bonds is 0. The molecule has 0 aromatic heterocycles. The Morgan fingerprint density at radius 1 is 1.14 bits per heavy atom. The third-order valence-electron chi connectivity index (χ3n) is 2.25. The maximum Gasteiger partial charge on any atom is 0.173 e. The zero-order valence-corrected chi connectivity index (χ0v) is 7.46. The summed E-state index contributed by atoms with van der Waals surface area (Å²) in [7, 11) is 0. The van der Waals surface area contributed by atoms with Crippen molar-refractivity contribution in [1.29, 1.82) is 0 Å². The highest BCUT2D eigenvalue weighted by Crippen LogP contribution is 2.22. The van der Waals surface area contributed by atoms with Gasteiger partial charge in [-0.05, 0) is 11.6 Å². The fourth-order valence-corrected chi connectivity index (χ4v) is 1.52. The van der Waals surface area contributed by atoms with Gasteiger partial charge in [-0.1, -0.05) is 24.3 Å². The first-order valence-electron chi connectivity index (χ1n) is 4.43. The number of benzene rings is 1. The van der Waals surface area contributed by atoms with E-state index in [-0.39, 0.29) is 0 Å². The molecule has 2 heterocycles. The summed E-state index contributed by atoms with van der Waals surface area (Å²) in [5.74, 6) is 0.811. The first-order valence-corrected chi connectivity index (χ1v) is 4.43. The van der Waals surface area contributed by atoms with Crippen LogP contribution in [-0.4, -0.2) is 17.9 Å². The highest BCUT2D eigenvalue weighted by molar-refractivity contribution is 5.86. The van der Waals surface area contributed by atoms with Crippen molar-refractivity contribution in [1.82, 2.24) is 5.01 Å². The Morgan fingerprint density at radius 2 is 2.00 bits per heavy atom. The lowest BCUT2D eigenvalue weighted by molar-refractivity contribution is 0.416. The molecule has 2 aliphatic rings. The molecule has 4 nitrogen and oxygen atoms in total. The summed E-state index contributed by atoms with van der Waals surface area (Å²) in [6.45, 7) is 0.524. The van der Waals surface area contributed by atoms with Crippen molar-refractivity contribution >= 4 is 12.3 Å². The van der Waals surface area contributed by atoms with Crippen molar-refractivity contribution in [2.45, 2.75) is 0 Å². The zero-order valence-electron chi connectivity index (χ0n) is 7.46. The van der Waals surface area contributed by atoms with Crippen LogP contribution in [0.15, 0.2) is 45.4 Å². The highest BCUT2D eigenvalue weighted by atomic mass is 15.6. The molecule has 1 aromatic carbocycles. The van der Waals surface area contributed by atoms with Crippen LogP contribution in [0.1, 0.15) is 11.1 Å². The van der Waals surface area contributed by atoms with Gasteiger partial charge in [-0.25, -0.2) is 5.01 Å². The van der Waals surface area contributed by atoms with Crippen LogP contribution in [0.25, 0.3) is 6.08 Å². The van der Waals surface area contributed by atoms with E-state index >= 15 is 0 Å². The molecule has 0 bridgehead atoms. The Labute approximate surface area is 81.3 Å². The smallest absolute Gasteiger partial charge is 0.173 e. The van der Waals surface area contributed by atoms with Gasteiger partial charge in [-0.15, -0.1) is 5.11 Å². The minimum atomic E-state index is 0.524. The van der Waals surface area contributed by atoms with Crippen molar-refractivity contribution in [3.8, 4) is 0 Å². The first-order chi connectivity index (χ1) is 6.93. The molecule has 0 saturated heterocycles. The normalized spacial score (nSPS) is 17.4. The molecular weight excluding hydrogens is 176 g/mol. The third kappa shape index (κ3) is 1.04. The van der Waals surface area contributed by atoms with Crippen LogP contribution >= 0.6 is 0 Å². The van der Waals surface area contributed by atoms with Crippen molar-refractivity contribution in [3.05, 3.63) is 41.2 Å². The molecule has 4 heteroatoms. The second kappa shape index (κ2) is 2.77. The molecule has 0 unspecified atom stereocenters. The van der Waals surface area contributed by atoms with E-state index in [1.165, 1.54) is 0 Å². The molecule has 0 aliphatic carbocycles. The van der Waals surface area contributed by atoms with E-state index in [2.05, 4.69) is 15.3 Å². The average Bonchev–Trinajstić information content (AvgIpc) is 2.58. The fourth-order valence-electron chi connectivity index (χ4n) is 1.52. The number of hydrazone groups is 1. The second-order valence-corrected chi connectivity index (χ2v) is 3.16. The van der Waals surface area contributed by atoms with E-state index in [4.69, 9.17) is 0 Å². The Kier molecular flexibility index (Phi) is 1.47. The topological polar surface area (TPSA) is 40.3 Å². The largest absolute Gasteiger partial charge is 0.222 e. The SMILES string of the molecule is C1=NN2CN=NC2=Cc2ccccc21. The van der Waals surface area contributed by atoms with Crippen LogP contribution in [0.2, 0.25) is 0 Å². The Balaban J connectivity index is 2.19. The van der Waals surface area contributed by atoms with Gasteiger partial charge in [-0.2, -0.15) is 10.2 Å². The van der Waals surface area contributed by atoms with E-state index < -0.39 is 0 Å². The second-order valence-electron chi connectivity index (χ2n) is 3.16. The van der Waals surface area contributed by atoms with Crippen LogP contribution < -0.4 is 0 Å². The molecule has 0 amide bonds. The van der Waals surface area contributed by atoms with Gasteiger partial charge in [0.2, 0.25) is 0 Å². The minimum Gasteiger partial charge on any atom is -0.222 e. The van der Waals surface area contributed by atoms with Gasteiger partial charge in [-0.3, -0.25) is 0 Å². The van der Waals surface area contributed by atoms with E-state index in [0.717, 1.165) is 16.9 Å². The molecule has 0 radical (unpaired) electrons. The number of hydrogen-bond acceptors (Lipinski definition) is 4. The van der Waals surface area contributed by atoms with Gasteiger partial charge in [0.15, 0.2) is 12.5 Å². The van der Waals surface area contributed by atoms with Crippen molar-refractivity contribution in [3.63, 3.8) is 0 Å². The maximum absolute atomic E-state index is 4.28. The molecule has 0 saturated carbocycles. The first kappa shape index (κ1) is 7.44. The fraction of sp³-hybridized carbons (Fsp3) is 0.100. The van der Waals surface area contributed by atoms with Gasteiger partial charge in [0.05, 0.1) is 6.21 Å². The van der Waals surface area contributed by atoms with Crippen LogP contribution in [0, 0.1) is 0 Å². The number of azo groups is 1. The lowest BCUT2D eigenvalue weighted by Crippen LogP contribution is -2.09. The summed E-state index contributed by atoms with van der Waals surface area (Å²) < 4.78 is 0. The van der Waals surface area contributed by atoms with E-state index in [1.807, 2.05) is 36.6 Å². The van der Waals surface area contributed by atoms with Crippen LogP contribution in [0.3, 0.4) is 0 Å². The number of hydrogen-bond donors (Lipinski definition) is 0. The highest BCUT2D eigenvalue weighted by Gasteiger charge is 2.15. The average molecular weight is 184 g/mol. The van der Waals surface area contributed by atoms with Crippen molar-refractivity contribution < 1.29 is 0 Å². The molecule has 0 spiro atoms. The number of fused-ring (bicyclic) bond motifs is 2. The molecule has 0 atom stereocenters. The minimum absolute atomic E-state index is 0.524. The Bertz CT molecular complexity index is 459. The summed E-state index contributed by atoms with van der Waals surface area (Å²) in [4.78, 5) is 0. The van der Waals surface area contributed by atoms with E-state index in [1.54, 1.807) is 5.01 Å². The predicted molar refractivity (Wildman–Crippen MR) is 53.6 cm³/mol. The van der Waals surface area contributed by atoms with Crippen LogP contribution in [0.5, 0.6) is 0 Å². The molecule has 1 aromatic rings. The molecule has 2 aliphatic heterocycles. The lowest BCUT2D eigenvalue weighted by atomic mass is 10.1. The van der Waals surface area contributed by atoms with Gasteiger partial charge in [0.1, 0.15) is 0 Å². The van der Waals surface area contributed by atoms with Gasteiger partial charge in [0.25, 0.3) is 0 Å². The lowest BCUT2D eigenvalue weighted by Gasteiger charge is -2.05. The molecular formula is C10H8N4. The Morgan fingerprint density at radius 3 is 2.93 bits per heavy atom. The van der Waals surface area contributed by atoms with Crippen LogP contribution in [0.4, 0.5) is 0 Å². The predicted octanol–water partition coefficient (Wildman–Crippen LogP) is 2.06. The van der Waals surface area contributed by atoms with E-state index in [0.29, 0.717) is 6.67 Å². The van der Waals surface area contributed by atoms with Gasteiger partial charge >= 0.3 is 0 Å². The molecule has 68 valence electrons. The summed E-state index contributed by atoms with van der Waals surface area (Å²) >= 11 is 0. The molecule has 3 rings (SSSR count). The Hall–Kier alpha value is -1.97. The number of nitrogens with zero attached hydrogens (tertiary/aromatic N) is 4. The summed E-state index contributed by atoms with van der Waals surface area (Å²) in [6.07, 6.45) is 3.84.